The smallest absolute Gasteiger partial charge is 0.240 e. The normalized spacial score (nSPS) is 18.4. The summed E-state index contributed by atoms with van der Waals surface area (Å²) in [4.78, 5) is 0.282. The lowest BCUT2D eigenvalue weighted by atomic mass is 10.2. The molecule has 2 aromatic rings. The van der Waals surface area contributed by atoms with E-state index in [-0.39, 0.29) is 17.5 Å². The van der Waals surface area contributed by atoms with Crippen molar-refractivity contribution in [1.82, 2.24) is 19.7 Å². The van der Waals surface area contributed by atoms with E-state index in [4.69, 9.17) is 4.74 Å². The molecule has 1 unspecified atom stereocenters. The number of hydrogen-bond donors (Lipinski definition) is 1. The zero-order valence-corrected chi connectivity index (χ0v) is 13.8. The van der Waals surface area contributed by atoms with Crippen LogP contribution in [-0.4, -0.2) is 43.2 Å². The van der Waals surface area contributed by atoms with Crippen molar-refractivity contribution >= 4 is 10.0 Å². The molecule has 0 aliphatic carbocycles. The molecule has 3 rings (SSSR count). The van der Waals surface area contributed by atoms with E-state index in [2.05, 4.69) is 15.0 Å². The van der Waals surface area contributed by atoms with Crippen LogP contribution in [0.25, 0.3) is 0 Å². The number of hydrogen-bond acceptors (Lipinski definition) is 5. The lowest BCUT2D eigenvalue weighted by Crippen LogP contribution is -2.26. The van der Waals surface area contributed by atoms with Crippen LogP contribution in [0.2, 0.25) is 0 Å². The van der Waals surface area contributed by atoms with Crippen LogP contribution in [0, 0.1) is 6.92 Å². The first-order valence-corrected chi connectivity index (χ1v) is 9.08. The van der Waals surface area contributed by atoms with Crippen LogP contribution in [0.3, 0.4) is 0 Å². The molecule has 1 fully saturated rings. The van der Waals surface area contributed by atoms with Gasteiger partial charge in [0, 0.05) is 25.8 Å². The van der Waals surface area contributed by atoms with Crippen LogP contribution in [0.4, 0.5) is 0 Å². The van der Waals surface area contributed by atoms with E-state index in [1.807, 2.05) is 19.2 Å². The predicted molar refractivity (Wildman–Crippen MR) is 84.6 cm³/mol. The number of aromatic nitrogens is 3. The van der Waals surface area contributed by atoms with Crippen molar-refractivity contribution in [3.8, 4) is 0 Å². The minimum Gasteiger partial charge on any atom is -0.379 e. The highest BCUT2D eigenvalue weighted by atomic mass is 32.2. The molecule has 124 valence electrons. The zero-order valence-electron chi connectivity index (χ0n) is 13.0. The molecule has 1 saturated heterocycles. The summed E-state index contributed by atoms with van der Waals surface area (Å²) in [5.41, 5.74) is 1.68. The van der Waals surface area contributed by atoms with Crippen molar-refractivity contribution in [2.24, 2.45) is 0 Å². The van der Waals surface area contributed by atoms with Gasteiger partial charge in [-0.3, -0.25) is 0 Å². The Bertz CT molecular complexity index is 767. The highest BCUT2D eigenvalue weighted by molar-refractivity contribution is 7.89. The van der Waals surface area contributed by atoms with Gasteiger partial charge in [-0.2, -0.15) is 0 Å². The summed E-state index contributed by atoms with van der Waals surface area (Å²) in [6.45, 7) is 3.55. The Labute approximate surface area is 135 Å². The molecule has 7 nitrogen and oxygen atoms in total. The van der Waals surface area contributed by atoms with E-state index in [0.717, 1.165) is 24.3 Å². The Balaban J connectivity index is 1.56. The molecule has 1 aromatic carbocycles. The zero-order chi connectivity index (χ0) is 16.3. The minimum atomic E-state index is -3.49. The van der Waals surface area contributed by atoms with E-state index in [1.165, 1.54) is 0 Å². The van der Waals surface area contributed by atoms with Crippen LogP contribution in [-0.2, 0) is 21.2 Å². The van der Waals surface area contributed by atoms with E-state index >= 15 is 0 Å². The SMILES string of the molecule is Cc1cccc(S(=O)(=O)NCCc2cn(C3CCOC3)nn2)c1. The molecule has 1 atom stereocenters. The molecule has 1 aliphatic heterocycles. The monoisotopic (exact) mass is 336 g/mol. The van der Waals surface area contributed by atoms with Crippen LogP contribution in [0.5, 0.6) is 0 Å². The first-order valence-electron chi connectivity index (χ1n) is 7.59. The lowest BCUT2D eigenvalue weighted by Gasteiger charge is -2.06. The molecule has 1 N–H and O–H groups in total. The molecule has 8 heteroatoms. The van der Waals surface area contributed by atoms with Gasteiger partial charge >= 0.3 is 0 Å². The Morgan fingerprint density at radius 1 is 1.43 bits per heavy atom. The molecule has 1 aromatic heterocycles. The Morgan fingerprint density at radius 3 is 3.04 bits per heavy atom. The fourth-order valence-corrected chi connectivity index (χ4v) is 3.65. The lowest BCUT2D eigenvalue weighted by molar-refractivity contribution is 0.184. The Hall–Kier alpha value is -1.77. The maximum atomic E-state index is 12.2. The Morgan fingerprint density at radius 2 is 2.30 bits per heavy atom. The first kappa shape index (κ1) is 16.1. The van der Waals surface area contributed by atoms with Gasteiger partial charge in [0.2, 0.25) is 10.0 Å². The maximum absolute atomic E-state index is 12.2. The van der Waals surface area contributed by atoms with Crippen molar-refractivity contribution in [3.05, 3.63) is 41.7 Å². The van der Waals surface area contributed by atoms with Gasteiger partial charge in [0.05, 0.1) is 23.2 Å². The molecule has 0 saturated carbocycles. The standard InChI is InChI=1S/C15H20N4O3S/c1-12-3-2-4-15(9-12)23(20,21)16-7-5-13-10-19(18-17-13)14-6-8-22-11-14/h2-4,9-10,14,16H,5-8,11H2,1H3. The summed E-state index contributed by atoms with van der Waals surface area (Å²) in [6, 6.07) is 7.08. The molecular formula is C15H20N4O3S. The molecule has 23 heavy (non-hydrogen) atoms. The van der Waals surface area contributed by atoms with E-state index < -0.39 is 10.0 Å². The summed E-state index contributed by atoms with van der Waals surface area (Å²) < 4.78 is 34.2. The van der Waals surface area contributed by atoms with Gasteiger partial charge in [0.25, 0.3) is 0 Å². The van der Waals surface area contributed by atoms with Gasteiger partial charge in [0.1, 0.15) is 0 Å². The average molecular weight is 336 g/mol. The van der Waals surface area contributed by atoms with Gasteiger partial charge in [-0.15, -0.1) is 5.10 Å². The second-order valence-electron chi connectivity index (χ2n) is 5.67. The van der Waals surface area contributed by atoms with Crippen molar-refractivity contribution in [3.63, 3.8) is 0 Å². The fraction of sp³-hybridized carbons (Fsp3) is 0.467. The van der Waals surface area contributed by atoms with E-state index in [9.17, 15) is 8.42 Å². The average Bonchev–Trinajstić information content (AvgIpc) is 3.18. The molecular weight excluding hydrogens is 316 g/mol. The number of benzene rings is 1. The van der Waals surface area contributed by atoms with Crippen LogP contribution < -0.4 is 4.72 Å². The quantitative estimate of drug-likeness (QED) is 0.853. The summed E-state index contributed by atoms with van der Waals surface area (Å²) >= 11 is 0. The van der Waals surface area contributed by atoms with Crippen molar-refractivity contribution < 1.29 is 13.2 Å². The molecule has 0 radical (unpaired) electrons. The van der Waals surface area contributed by atoms with Crippen molar-refractivity contribution in [2.45, 2.75) is 30.7 Å². The third kappa shape index (κ3) is 3.95. The largest absolute Gasteiger partial charge is 0.379 e. The van der Waals surface area contributed by atoms with Gasteiger partial charge < -0.3 is 4.74 Å². The Kier molecular flexibility index (Phi) is 4.74. The minimum absolute atomic E-state index is 0.236. The summed E-state index contributed by atoms with van der Waals surface area (Å²) in [5, 5.41) is 8.18. The molecule has 0 spiro atoms. The number of nitrogens with zero attached hydrogens (tertiary/aromatic N) is 3. The summed E-state index contributed by atoms with van der Waals surface area (Å²) in [5.74, 6) is 0. The topological polar surface area (TPSA) is 86.1 Å². The maximum Gasteiger partial charge on any atom is 0.240 e. The fourth-order valence-electron chi connectivity index (χ4n) is 2.52. The predicted octanol–water partition coefficient (Wildman–Crippen LogP) is 1.07. The van der Waals surface area contributed by atoms with Crippen molar-refractivity contribution in [2.75, 3.05) is 19.8 Å². The summed E-state index contributed by atoms with van der Waals surface area (Å²) in [7, 11) is -3.49. The van der Waals surface area contributed by atoms with Crippen molar-refractivity contribution in [1.29, 1.82) is 0 Å². The van der Waals surface area contributed by atoms with Crippen LogP contribution >= 0.6 is 0 Å². The second-order valence-corrected chi connectivity index (χ2v) is 7.44. The van der Waals surface area contributed by atoms with Gasteiger partial charge in [-0.1, -0.05) is 17.3 Å². The molecule has 1 aliphatic rings. The van der Waals surface area contributed by atoms with Gasteiger partial charge in [-0.25, -0.2) is 17.8 Å². The number of ether oxygens (including phenoxy) is 1. The third-order valence-electron chi connectivity index (χ3n) is 3.81. The first-order chi connectivity index (χ1) is 11.0. The van der Waals surface area contributed by atoms with E-state index in [1.54, 1.807) is 22.9 Å². The highest BCUT2D eigenvalue weighted by Crippen LogP contribution is 2.17. The number of sulfonamides is 1. The van der Waals surface area contributed by atoms with E-state index in [0.29, 0.717) is 13.0 Å². The van der Waals surface area contributed by atoms with Crippen LogP contribution in [0.15, 0.2) is 35.4 Å². The number of nitrogens with one attached hydrogen (secondary N) is 1. The summed E-state index contributed by atoms with van der Waals surface area (Å²) in [6.07, 6.45) is 3.29. The third-order valence-corrected chi connectivity index (χ3v) is 5.27. The molecule has 2 heterocycles. The molecule has 0 bridgehead atoms. The molecule has 0 amide bonds. The van der Waals surface area contributed by atoms with Crippen LogP contribution in [0.1, 0.15) is 23.7 Å². The second kappa shape index (κ2) is 6.77. The van der Waals surface area contributed by atoms with Gasteiger partial charge in [-0.05, 0) is 31.0 Å². The number of rotatable bonds is 6. The highest BCUT2D eigenvalue weighted by Gasteiger charge is 2.19. The number of aryl methyl sites for hydroxylation is 1. The van der Waals surface area contributed by atoms with Gasteiger partial charge in [0.15, 0.2) is 0 Å².